The van der Waals surface area contributed by atoms with Gasteiger partial charge in [0.2, 0.25) is 0 Å². The van der Waals surface area contributed by atoms with E-state index in [1.165, 1.54) is 0 Å². The van der Waals surface area contributed by atoms with Crippen LogP contribution in [0.1, 0.15) is 18.2 Å². The summed E-state index contributed by atoms with van der Waals surface area (Å²) in [4.78, 5) is 0. The van der Waals surface area contributed by atoms with E-state index in [0.29, 0.717) is 35.7 Å². The number of nitrogens with zero attached hydrogens (tertiary/aromatic N) is 6. The molecule has 1 atom stereocenters. The molecule has 32 heavy (non-hydrogen) atoms. The molecule has 0 fully saturated rings. The summed E-state index contributed by atoms with van der Waals surface area (Å²) < 4.78 is 3.83. The standard InChI is InChI=1S/C24H24N7P/c1-16(2)21-19(15-25)24(31(29-21)14-13-26-32)28-27-22-18-11-7-8-12-20(18)30(3)23(22)17-9-5-4-6-10-17/h4-12,26H,1,13-14,32H2,2-3H3. The van der Waals surface area contributed by atoms with Crippen LogP contribution in [0.15, 0.2) is 71.4 Å². The third kappa shape index (κ3) is 3.87. The zero-order valence-corrected chi connectivity index (χ0v) is 19.2. The van der Waals surface area contributed by atoms with E-state index in [9.17, 15) is 5.26 Å². The number of para-hydroxylation sites is 1. The minimum absolute atomic E-state index is 0.381. The summed E-state index contributed by atoms with van der Waals surface area (Å²) in [6.45, 7) is 6.99. The van der Waals surface area contributed by atoms with Gasteiger partial charge in [0, 0.05) is 24.5 Å². The van der Waals surface area contributed by atoms with Gasteiger partial charge in [-0.15, -0.1) is 10.2 Å². The van der Waals surface area contributed by atoms with Crippen LogP contribution in [0.5, 0.6) is 0 Å². The Kier molecular flexibility index (Phi) is 6.27. The summed E-state index contributed by atoms with van der Waals surface area (Å²) in [6.07, 6.45) is 0. The number of allylic oxidation sites excluding steroid dienone is 1. The minimum atomic E-state index is 0.381. The first-order chi connectivity index (χ1) is 15.6. The van der Waals surface area contributed by atoms with Crippen molar-refractivity contribution in [3.05, 3.63) is 72.4 Å². The summed E-state index contributed by atoms with van der Waals surface area (Å²) in [6, 6.07) is 20.5. The number of nitriles is 1. The van der Waals surface area contributed by atoms with Crippen LogP contribution >= 0.6 is 9.39 Å². The number of rotatable bonds is 7. The highest BCUT2D eigenvalue weighted by Crippen LogP contribution is 2.40. The third-order valence-corrected chi connectivity index (χ3v) is 5.57. The molecular weight excluding hydrogens is 417 g/mol. The van der Waals surface area contributed by atoms with Gasteiger partial charge in [0.15, 0.2) is 5.82 Å². The Morgan fingerprint density at radius 2 is 1.88 bits per heavy atom. The smallest absolute Gasteiger partial charge is 0.191 e. The van der Waals surface area contributed by atoms with E-state index in [-0.39, 0.29) is 0 Å². The van der Waals surface area contributed by atoms with E-state index in [4.69, 9.17) is 0 Å². The van der Waals surface area contributed by atoms with Crippen LogP contribution in [-0.4, -0.2) is 20.9 Å². The second kappa shape index (κ2) is 9.27. The lowest BCUT2D eigenvalue weighted by Gasteiger charge is -2.06. The Labute approximate surface area is 189 Å². The average Bonchev–Trinajstić information content (AvgIpc) is 3.31. The van der Waals surface area contributed by atoms with Crippen LogP contribution in [0.4, 0.5) is 11.5 Å². The predicted molar refractivity (Wildman–Crippen MR) is 132 cm³/mol. The van der Waals surface area contributed by atoms with Crippen molar-refractivity contribution in [1.82, 2.24) is 19.4 Å². The van der Waals surface area contributed by atoms with Gasteiger partial charge in [-0.05, 0) is 18.6 Å². The van der Waals surface area contributed by atoms with E-state index >= 15 is 0 Å². The molecule has 0 bridgehead atoms. The molecule has 0 aliphatic heterocycles. The summed E-state index contributed by atoms with van der Waals surface area (Å²) in [5, 5.41) is 27.7. The fourth-order valence-electron chi connectivity index (χ4n) is 3.78. The van der Waals surface area contributed by atoms with Crippen LogP contribution in [0.25, 0.3) is 27.7 Å². The van der Waals surface area contributed by atoms with Gasteiger partial charge in [0.05, 0.1) is 17.8 Å². The normalized spacial score (nSPS) is 11.3. The highest BCUT2D eigenvalue weighted by molar-refractivity contribution is 7.13. The van der Waals surface area contributed by atoms with Crippen molar-refractivity contribution in [2.75, 3.05) is 6.54 Å². The third-order valence-electron chi connectivity index (χ3n) is 5.28. The lowest BCUT2D eigenvalue weighted by atomic mass is 10.1. The number of fused-ring (bicyclic) bond motifs is 1. The van der Waals surface area contributed by atoms with Crippen LogP contribution < -0.4 is 5.09 Å². The molecule has 0 saturated heterocycles. The van der Waals surface area contributed by atoms with Crippen molar-refractivity contribution in [3.8, 4) is 17.3 Å². The van der Waals surface area contributed by atoms with Crippen LogP contribution in [0, 0.1) is 11.3 Å². The van der Waals surface area contributed by atoms with E-state index in [2.05, 4.69) is 65.2 Å². The van der Waals surface area contributed by atoms with Gasteiger partial charge in [-0.25, -0.2) is 4.68 Å². The number of azo groups is 1. The van der Waals surface area contributed by atoms with Crippen molar-refractivity contribution in [1.29, 1.82) is 5.26 Å². The molecule has 0 spiro atoms. The Bertz CT molecular complexity index is 1360. The Hall–Kier alpha value is -3.59. The van der Waals surface area contributed by atoms with Gasteiger partial charge in [0.1, 0.15) is 23.0 Å². The number of aromatic nitrogens is 3. The van der Waals surface area contributed by atoms with Gasteiger partial charge >= 0.3 is 0 Å². The molecule has 160 valence electrons. The minimum Gasteiger partial charge on any atom is -0.342 e. The van der Waals surface area contributed by atoms with E-state index in [1.54, 1.807) is 4.68 Å². The summed E-state index contributed by atoms with van der Waals surface area (Å²) in [7, 11) is 4.49. The summed E-state index contributed by atoms with van der Waals surface area (Å²) in [5.74, 6) is 0.428. The number of nitrogens with one attached hydrogen (secondary N) is 1. The summed E-state index contributed by atoms with van der Waals surface area (Å²) >= 11 is 0. The molecule has 4 aromatic rings. The molecule has 0 aliphatic carbocycles. The maximum atomic E-state index is 9.82. The molecule has 1 unspecified atom stereocenters. The average molecular weight is 441 g/mol. The number of hydrogen-bond donors (Lipinski definition) is 1. The Morgan fingerprint density at radius 1 is 1.16 bits per heavy atom. The number of aryl methyl sites for hydroxylation is 1. The first-order valence-corrected chi connectivity index (χ1v) is 10.8. The largest absolute Gasteiger partial charge is 0.342 e. The summed E-state index contributed by atoms with van der Waals surface area (Å²) in [5.41, 5.74) is 5.47. The zero-order valence-electron chi connectivity index (χ0n) is 18.1. The first-order valence-electron chi connectivity index (χ1n) is 10.2. The topological polar surface area (TPSA) is 83.3 Å². The SMILES string of the molecule is C=C(C)c1nn(CCNP)c(N=Nc2c(-c3ccccc3)n(C)c3ccccc23)c1C#N. The van der Waals surface area contributed by atoms with Gasteiger partial charge in [-0.2, -0.15) is 10.4 Å². The predicted octanol–water partition coefficient (Wildman–Crippen LogP) is 5.74. The van der Waals surface area contributed by atoms with Gasteiger partial charge in [-0.3, -0.25) is 5.09 Å². The van der Waals surface area contributed by atoms with Gasteiger partial charge in [-0.1, -0.05) is 64.5 Å². The second-order valence-corrected chi connectivity index (χ2v) is 7.86. The molecule has 0 saturated carbocycles. The highest BCUT2D eigenvalue weighted by atomic mass is 31.0. The molecule has 8 heteroatoms. The Balaban J connectivity index is 1.92. The monoisotopic (exact) mass is 441 g/mol. The molecule has 0 aliphatic rings. The van der Waals surface area contributed by atoms with Gasteiger partial charge in [0.25, 0.3) is 0 Å². The lowest BCUT2D eigenvalue weighted by Crippen LogP contribution is -2.11. The van der Waals surface area contributed by atoms with Crippen LogP contribution in [0.2, 0.25) is 0 Å². The highest BCUT2D eigenvalue weighted by Gasteiger charge is 2.20. The van der Waals surface area contributed by atoms with Crippen molar-refractivity contribution in [2.45, 2.75) is 13.5 Å². The number of hydrogen-bond acceptors (Lipinski definition) is 5. The van der Waals surface area contributed by atoms with Crippen molar-refractivity contribution in [2.24, 2.45) is 17.3 Å². The van der Waals surface area contributed by atoms with Crippen LogP contribution in [-0.2, 0) is 13.6 Å². The Morgan fingerprint density at radius 3 is 2.56 bits per heavy atom. The number of benzene rings is 2. The van der Waals surface area contributed by atoms with Crippen molar-refractivity contribution >= 4 is 37.4 Å². The first kappa shape index (κ1) is 21.6. The molecule has 7 nitrogen and oxygen atoms in total. The maximum absolute atomic E-state index is 9.82. The molecule has 0 radical (unpaired) electrons. The molecule has 2 aromatic heterocycles. The fourth-order valence-corrected chi connectivity index (χ4v) is 3.91. The molecule has 4 rings (SSSR count). The zero-order chi connectivity index (χ0) is 22.7. The maximum Gasteiger partial charge on any atom is 0.191 e. The van der Waals surface area contributed by atoms with Crippen molar-refractivity contribution in [3.63, 3.8) is 0 Å². The van der Waals surface area contributed by atoms with E-state index in [1.807, 2.05) is 50.4 Å². The second-order valence-electron chi connectivity index (χ2n) is 7.46. The lowest BCUT2D eigenvalue weighted by molar-refractivity contribution is 0.611. The molecule has 2 heterocycles. The van der Waals surface area contributed by atoms with E-state index in [0.717, 1.165) is 27.8 Å². The van der Waals surface area contributed by atoms with E-state index < -0.39 is 0 Å². The molecule has 0 amide bonds. The van der Waals surface area contributed by atoms with Crippen LogP contribution in [0.3, 0.4) is 0 Å². The van der Waals surface area contributed by atoms with Gasteiger partial charge < -0.3 is 4.57 Å². The quantitative estimate of drug-likeness (QED) is 0.293. The molecule has 1 N–H and O–H groups in total. The van der Waals surface area contributed by atoms with Crippen molar-refractivity contribution < 1.29 is 0 Å². The fraction of sp³-hybridized carbons (Fsp3) is 0.167. The molecule has 2 aromatic carbocycles. The molecular formula is C24H24N7P.